The van der Waals surface area contributed by atoms with E-state index in [1.807, 2.05) is 37.3 Å². The number of rotatable bonds is 8. The second-order valence-electron chi connectivity index (χ2n) is 9.05. The highest BCUT2D eigenvalue weighted by Gasteiger charge is 2.35. The smallest absolute Gasteiger partial charge is 0.319 e. The summed E-state index contributed by atoms with van der Waals surface area (Å²) in [5.74, 6) is -0.302. The van der Waals surface area contributed by atoms with Crippen molar-refractivity contribution in [2.45, 2.75) is 37.4 Å². The third kappa shape index (κ3) is 6.24. The lowest BCUT2D eigenvalue weighted by Gasteiger charge is -2.24. The molecule has 37 heavy (non-hydrogen) atoms. The lowest BCUT2D eigenvalue weighted by Crippen LogP contribution is -2.40. The van der Waals surface area contributed by atoms with Gasteiger partial charge < -0.3 is 16.0 Å². The van der Waals surface area contributed by atoms with Gasteiger partial charge in [0.1, 0.15) is 0 Å². The minimum atomic E-state index is -3.76. The Bertz CT molecular complexity index is 1420. The standard InChI is InChI=1S/C24H31N7O4S2/c1-15-13-21(19-7-5-6-8-20(19)26-15)29-23(33)25-10-12-31-11-9-18(14-31)30(4)37(34,35)22-16(2)27-24(36-22)28-17(3)32/h5-8,13,18H,9-12,14H2,1-4H3,(H,27,28,32)(H2,25,26,29,33). The van der Waals surface area contributed by atoms with Crippen molar-refractivity contribution in [2.24, 2.45) is 0 Å². The molecule has 4 rings (SSSR count). The first kappa shape index (κ1) is 26.9. The quantitative estimate of drug-likeness (QED) is 0.396. The molecule has 0 spiro atoms. The van der Waals surface area contributed by atoms with Crippen LogP contribution in [0.2, 0.25) is 0 Å². The summed E-state index contributed by atoms with van der Waals surface area (Å²) < 4.78 is 28.0. The summed E-state index contributed by atoms with van der Waals surface area (Å²) in [5, 5.41) is 9.48. The van der Waals surface area contributed by atoms with Gasteiger partial charge in [-0.2, -0.15) is 4.31 Å². The average molecular weight is 546 g/mol. The third-order valence-electron chi connectivity index (χ3n) is 6.22. The van der Waals surface area contributed by atoms with E-state index in [1.165, 1.54) is 11.2 Å². The van der Waals surface area contributed by atoms with Crippen LogP contribution in [0.25, 0.3) is 10.9 Å². The van der Waals surface area contributed by atoms with Gasteiger partial charge in [0.15, 0.2) is 9.34 Å². The topological polar surface area (TPSA) is 137 Å². The second-order valence-corrected chi connectivity index (χ2v) is 12.2. The van der Waals surface area contributed by atoms with Gasteiger partial charge in [-0.25, -0.2) is 18.2 Å². The number of likely N-dealkylation sites (tertiary alicyclic amines) is 1. The maximum Gasteiger partial charge on any atom is 0.319 e. The minimum Gasteiger partial charge on any atom is -0.337 e. The number of urea groups is 1. The van der Waals surface area contributed by atoms with E-state index in [0.29, 0.717) is 37.4 Å². The fourth-order valence-corrected chi connectivity index (χ4v) is 7.37. The number of likely N-dealkylation sites (N-methyl/N-ethyl adjacent to an activating group) is 1. The van der Waals surface area contributed by atoms with Crippen LogP contribution in [0.5, 0.6) is 0 Å². The zero-order valence-electron chi connectivity index (χ0n) is 21.2. The number of carbonyl (C=O) groups is 2. The Morgan fingerprint density at radius 2 is 1.95 bits per heavy atom. The molecule has 1 aliphatic rings. The van der Waals surface area contributed by atoms with Gasteiger partial charge in [0.25, 0.3) is 10.0 Å². The minimum absolute atomic E-state index is 0.134. The molecule has 2 aromatic heterocycles. The number of hydrogen-bond acceptors (Lipinski definition) is 8. The number of fused-ring (bicyclic) bond motifs is 1. The predicted molar refractivity (Wildman–Crippen MR) is 144 cm³/mol. The normalized spacial score (nSPS) is 16.3. The van der Waals surface area contributed by atoms with Gasteiger partial charge in [-0.15, -0.1) is 0 Å². The van der Waals surface area contributed by atoms with E-state index in [0.717, 1.165) is 34.5 Å². The summed E-state index contributed by atoms with van der Waals surface area (Å²) >= 11 is 0.957. The molecule has 0 bridgehead atoms. The van der Waals surface area contributed by atoms with Crippen LogP contribution in [0.15, 0.2) is 34.5 Å². The number of benzene rings is 1. The van der Waals surface area contributed by atoms with Gasteiger partial charge >= 0.3 is 6.03 Å². The molecule has 0 radical (unpaired) electrons. The number of thiazole rings is 1. The number of carbonyl (C=O) groups excluding carboxylic acids is 2. The average Bonchev–Trinajstić information content (AvgIpc) is 3.44. The van der Waals surface area contributed by atoms with E-state index in [1.54, 1.807) is 14.0 Å². The monoisotopic (exact) mass is 545 g/mol. The predicted octanol–water partition coefficient (Wildman–Crippen LogP) is 2.78. The number of pyridine rings is 1. The molecule has 1 fully saturated rings. The van der Waals surface area contributed by atoms with E-state index in [2.05, 4.69) is 30.8 Å². The van der Waals surface area contributed by atoms with Crippen molar-refractivity contribution >= 4 is 55.0 Å². The van der Waals surface area contributed by atoms with Gasteiger partial charge in [0, 0.05) is 50.7 Å². The summed E-state index contributed by atoms with van der Waals surface area (Å²) in [6.07, 6.45) is 0.681. The van der Waals surface area contributed by atoms with Crippen molar-refractivity contribution in [3.63, 3.8) is 0 Å². The van der Waals surface area contributed by atoms with Crippen molar-refractivity contribution in [1.29, 1.82) is 0 Å². The number of aromatic nitrogens is 2. The molecule has 1 atom stereocenters. The lowest BCUT2D eigenvalue weighted by molar-refractivity contribution is -0.114. The van der Waals surface area contributed by atoms with Crippen LogP contribution in [-0.4, -0.2) is 78.8 Å². The summed E-state index contributed by atoms with van der Waals surface area (Å²) in [7, 11) is -2.18. The number of nitrogens with zero attached hydrogens (tertiary/aromatic N) is 4. The van der Waals surface area contributed by atoms with Gasteiger partial charge in [-0.1, -0.05) is 29.5 Å². The maximum absolute atomic E-state index is 13.2. The number of sulfonamides is 1. The summed E-state index contributed by atoms with van der Waals surface area (Å²) in [6.45, 7) is 7.16. The molecule has 3 N–H and O–H groups in total. The molecule has 0 aliphatic carbocycles. The lowest BCUT2D eigenvalue weighted by atomic mass is 10.1. The summed E-state index contributed by atoms with van der Waals surface area (Å²) in [5.41, 5.74) is 2.70. The van der Waals surface area contributed by atoms with E-state index < -0.39 is 10.0 Å². The molecule has 13 heteroatoms. The Hall–Kier alpha value is -3.13. The molecular formula is C24H31N7O4S2. The van der Waals surface area contributed by atoms with Crippen LogP contribution >= 0.6 is 11.3 Å². The Kier molecular flexibility index (Phi) is 8.07. The molecule has 11 nitrogen and oxygen atoms in total. The molecular weight excluding hydrogens is 514 g/mol. The van der Waals surface area contributed by atoms with E-state index in [9.17, 15) is 18.0 Å². The molecule has 1 saturated heterocycles. The number of para-hydroxylation sites is 1. The number of anilines is 2. The highest BCUT2D eigenvalue weighted by atomic mass is 32.2. The van der Waals surface area contributed by atoms with Crippen LogP contribution in [0.1, 0.15) is 24.7 Å². The zero-order chi connectivity index (χ0) is 26.7. The maximum atomic E-state index is 13.2. The van der Waals surface area contributed by atoms with Crippen molar-refractivity contribution in [2.75, 3.05) is 43.9 Å². The van der Waals surface area contributed by atoms with Crippen LogP contribution in [-0.2, 0) is 14.8 Å². The second kappa shape index (κ2) is 11.1. The first-order chi connectivity index (χ1) is 17.5. The number of amides is 3. The van der Waals surface area contributed by atoms with Crippen molar-refractivity contribution in [3.8, 4) is 0 Å². The summed E-state index contributed by atoms with van der Waals surface area (Å²) in [6, 6.07) is 8.98. The highest BCUT2D eigenvalue weighted by Crippen LogP contribution is 2.31. The van der Waals surface area contributed by atoms with Gasteiger partial charge in [-0.3, -0.25) is 14.7 Å². The van der Waals surface area contributed by atoms with Crippen LogP contribution in [0.3, 0.4) is 0 Å². The largest absolute Gasteiger partial charge is 0.337 e. The van der Waals surface area contributed by atoms with Gasteiger partial charge in [-0.05, 0) is 38.9 Å². The highest BCUT2D eigenvalue weighted by molar-refractivity contribution is 7.91. The Balaban J connectivity index is 1.29. The van der Waals surface area contributed by atoms with Crippen LogP contribution in [0.4, 0.5) is 15.6 Å². The fraction of sp³-hybridized carbons (Fsp3) is 0.417. The molecule has 3 aromatic rings. The molecule has 3 amide bonds. The zero-order valence-corrected chi connectivity index (χ0v) is 22.9. The molecule has 3 heterocycles. The van der Waals surface area contributed by atoms with E-state index >= 15 is 0 Å². The Morgan fingerprint density at radius 3 is 2.70 bits per heavy atom. The molecule has 1 unspecified atom stereocenters. The molecule has 198 valence electrons. The number of aryl methyl sites for hydroxylation is 2. The van der Waals surface area contributed by atoms with Gasteiger partial charge in [0.2, 0.25) is 5.91 Å². The number of nitrogens with one attached hydrogen (secondary N) is 3. The number of hydrogen-bond donors (Lipinski definition) is 3. The van der Waals surface area contributed by atoms with Gasteiger partial charge in [0.05, 0.1) is 16.9 Å². The fourth-order valence-electron chi connectivity index (χ4n) is 4.37. The van der Waals surface area contributed by atoms with Crippen molar-refractivity contribution < 1.29 is 18.0 Å². The molecule has 1 aliphatic heterocycles. The third-order valence-corrected chi connectivity index (χ3v) is 9.79. The van der Waals surface area contributed by atoms with E-state index in [4.69, 9.17) is 0 Å². The van der Waals surface area contributed by atoms with Crippen LogP contribution < -0.4 is 16.0 Å². The molecule has 0 saturated carbocycles. The SMILES string of the molecule is CC(=O)Nc1nc(C)c(S(=O)(=O)N(C)C2CCN(CCNC(=O)Nc3cc(C)nc4ccccc34)C2)s1. The first-order valence-corrected chi connectivity index (χ1v) is 14.2. The van der Waals surface area contributed by atoms with E-state index in [-0.39, 0.29) is 27.3 Å². The Labute approximate surface area is 220 Å². The molecule has 1 aromatic carbocycles. The van der Waals surface area contributed by atoms with Crippen LogP contribution in [0, 0.1) is 13.8 Å². The first-order valence-electron chi connectivity index (χ1n) is 11.9. The van der Waals surface area contributed by atoms with Crippen molar-refractivity contribution in [1.82, 2.24) is 24.5 Å². The van der Waals surface area contributed by atoms with Crippen molar-refractivity contribution in [3.05, 3.63) is 41.7 Å². The Morgan fingerprint density at radius 1 is 1.19 bits per heavy atom. The summed E-state index contributed by atoms with van der Waals surface area (Å²) in [4.78, 5) is 34.6.